The van der Waals surface area contributed by atoms with Crippen LogP contribution in [0.2, 0.25) is 5.02 Å². The quantitative estimate of drug-likeness (QED) is 0.429. The number of nitrogens with one attached hydrogen (secondary N) is 1. The molecule has 1 N–H and O–H groups in total. The Labute approximate surface area is 200 Å². The number of para-hydroxylation sites is 1. The maximum atomic E-state index is 13.6. The zero-order valence-electron chi connectivity index (χ0n) is 18.3. The van der Waals surface area contributed by atoms with E-state index in [1.165, 1.54) is 12.1 Å². The summed E-state index contributed by atoms with van der Waals surface area (Å²) in [5.74, 6) is -1.09. The van der Waals surface area contributed by atoms with Crippen LogP contribution in [0.15, 0.2) is 72.9 Å². The highest BCUT2D eigenvalue weighted by Crippen LogP contribution is 2.31. The lowest BCUT2D eigenvalue weighted by atomic mass is 10.1. The van der Waals surface area contributed by atoms with Crippen LogP contribution in [0.3, 0.4) is 0 Å². The third kappa shape index (κ3) is 4.06. The molecule has 2 heterocycles. The monoisotopic (exact) mass is 474 g/mol. The van der Waals surface area contributed by atoms with Crippen molar-refractivity contribution >= 4 is 34.8 Å². The number of halogens is 2. The number of fused-ring (bicyclic) bond motifs is 2. The maximum absolute atomic E-state index is 13.6. The number of hydrogen-bond donors (Lipinski definition) is 1. The molecule has 0 saturated carbocycles. The smallest absolute Gasteiger partial charge is 0.258 e. The summed E-state index contributed by atoms with van der Waals surface area (Å²) in [5, 5.41) is 7.61. The number of hydrogen-bond acceptors (Lipinski definition) is 3. The lowest BCUT2D eigenvalue weighted by molar-refractivity contribution is 0.0983. The highest BCUT2D eigenvalue weighted by Gasteiger charge is 2.27. The summed E-state index contributed by atoms with van der Waals surface area (Å²) in [4.78, 5) is 27.8. The van der Waals surface area contributed by atoms with Crippen molar-refractivity contribution in [3.63, 3.8) is 0 Å². The zero-order chi connectivity index (χ0) is 23.8. The Kier molecular flexibility index (Phi) is 5.63. The molecule has 1 aliphatic heterocycles. The lowest BCUT2D eigenvalue weighted by Gasteiger charge is -2.23. The van der Waals surface area contributed by atoms with Gasteiger partial charge in [-0.2, -0.15) is 5.10 Å². The summed E-state index contributed by atoms with van der Waals surface area (Å²) < 4.78 is 15.4. The highest BCUT2D eigenvalue weighted by molar-refractivity contribution is 6.31. The molecule has 0 bridgehead atoms. The Morgan fingerprint density at radius 2 is 1.79 bits per heavy atom. The number of rotatable bonds is 3. The molecule has 170 valence electrons. The number of anilines is 2. The molecule has 0 atom stereocenters. The summed E-state index contributed by atoms with van der Waals surface area (Å²) in [5.41, 5.74) is 4.41. The fourth-order valence-corrected chi connectivity index (χ4v) is 4.26. The molecule has 0 radical (unpaired) electrons. The van der Waals surface area contributed by atoms with E-state index in [1.807, 2.05) is 28.9 Å². The minimum absolute atomic E-state index is 0.197. The van der Waals surface area contributed by atoms with Crippen LogP contribution < -0.4 is 10.2 Å². The molecular weight excluding hydrogens is 455 g/mol. The van der Waals surface area contributed by atoms with Gasteiger partial charge in [-0.05, 0) is 60.5 Å². The third-order valence-corrected chi connectivity index (χ3v) is 6.20. The molecular formula is C26H20ClFN4O2. The number of aromatic nitrogens is 2. The average Bonchev–Trinajstić information content (AvgIpc) is 3.08. The molecule has 6 nitrogen and oxygen atoms in total. The SMILES string of the molecule is Cc1ccc(F)cc1C(=O)Nc1ccc(C(=O)N2Cc3c(Cl)cnn3Cc3ccccc32)cc1. The van der Waals surface area contributed by atoms with Crippen LogP contribution in [-0.4, -0.2) is 21.6 Å². The summed E-state index contributed by atoms with van der Waals surface area (Å²) in [6.07, 6.45) is 1.59. The second kappa shape index (κ2) is 8.76. The normalized spacial score (nSPS) is 12.5. The molecule has 0 spiro atoms. The van der Waals surface area contributed by atoms with Gasteiger partial charge in [-0.1, -0.05) is 35.9 Å². The van der Waals surface area contributed by atoms with Crippen LogP contribution in [0, 0.1) is 12.7 Å². The van der Waals surface area contributed by atoms with Gasteiger partial charge in [0.2, 0.25) is 0 Å². The van der Waals surface area contributed by atoms with Crippen molar-refractivity contribution in [1.82, 2.24) is 9.78 Å². The van der Waals surface area contributed by atoms with Crippen LogP contribution in [0.5, 0.6) is 0 Å². The van der Waals surface area contributed by atoms with E-state index < -0.39 is 11.7 Å². The number of carbonyl (C=O) groups excluding carboxylic acids is 2. The molecule has 34 heavy (non-hydrogen) atoms. The van der Waals surface area contributed by atoms with Crippen LogP contribution >= 0.6 is 11.6 Å². The number of benzene rings is 3. The van der Waals surface area contributed by atoms with Crippen molar-refractivity contribution in [2.24, 2.45) is 0 Å². The van der Waals surface area contributed by atoms with Gasteiger partial charge in [0.05, 0.1) is 30.0 Å². The van der Waals surface area contributed by atoms with E-state index in [0.717, 1.165) is 16.9 Å². The van der Waals surface area contributed by atoms with Crippen LogP contribution in [0.25, 0.3) is 0 Å². The van der Waals surface area contributed by atoms with Gasteiger partial charge in [0, 0.05) is 22.5 Å². The van der Waals surface area contributed by atoms with Gasteiger partial charge in [0.1, 0.15) is 5.82 Å². The number of nitrogens with zero attached hydrogens (tertiary/aromatic N) is 3. The second-order valence-electron chi connectivity index (χ2n) is 8.11. The average molecular weight is 475 g/mol. The van der Waals surface area contributed by atoms with E-state index >= 15 is 0 Å². The standard InChI is InChI=1S/C26H20ClFN4O2/c1-16-6-9-19(28)12-21(16)25(33)30-20-10-7-17(8-11-20)26(34)31-15-24-22(27)13-29-32(24)14-18-4-2-3-5-23(18)31/h2-13H,14-15H2,1H3,(H,30,33). The summed E-state index contributed by atoms with van der Waals surface area (Å²) >= 11 is 6.34. The van der Waals surface area contributed by atoms with E-state index in [9.17, 15) is 14.0 Å². The van der Waals surface area contributed by atoms with Crippen molar-refractivity contribution < 1.29 is 14.0 Å². The second-order valence-corrected chi connectivity index (χ2v) is 8.51. The summed E-state index contributed by atoms with van der Waals surface area (Å²) in [6, 6.07) is 18.4. The van der Waals surface area contributed by atoms with Gasteiger partial charge in [0.25, 0.3) is 11.8 Å². The molecule has 0 fully saturated rings. The van der Waals surface area contributed by atoms with E-state index in [4.69, 9.17) is 11.6 Å². The van der Waals surface area contributed by atoms with Crippen molar-refractivity contribution in [3.05, 3.63) is 112 Å². The molecule has 1 aromatic heterocycles. The predicted octanol–water partition coefficient (Wildman–Crippen LogP) is 5.45. The Morgan fingerprint density at radius 3 is 2.59 bits per heavy atom. The third-order valence-electron chi connectivity index (χ3n) is 5.89. The molecule has 0 saturated heterocycles. The maximum Gasteiger partial charge on any atom is 0.258 e. The van der Waals surface area contributed by atoms with E-state index in [-0.39, 0.29) is 18.0 Å². The largest absolute Gasteiger partial charge is 0.322 e. The molecule has 1 aliphatic rings. The van der Waals surface area contributed by atoms with Gasteiger partial charge in [-0.15, -0.1) is 0 Å². The van der Waals surface area contributed by atoms with Gasteiger partial charge in [-0.25, -0.2) is 4.39 Å². The zero-order valence-corrected chi connectivity index (χ0v) is 19.0. The van der Waals surface area contributed by atoms with Crippen molar-refractivity contribution in [1.29, 1.82) is 0 Å². The fraction of sp³-hybridized carbons (Fsp3) is 0.115. The molecule has 4 aromatic rings. The first-order chi connectivity index (χ1) is 16.4. The first kappa shape index (κ1) is 21.9. The number of carbonyl (C=O) groups is 2. The van der Waals surface area contributed by atoms with Crippen molar-refractivity contribution in [2.75, 3.05) is 10.2 Å². The Morgan fingerprint density at radius 1 is 1.03 bits per heavy atom. The Balaban J connectivity index is 1.40. The Hall–Kier alpha value is -3.97. The first-order valence-electron chi connectivity index (χ1n) is 10.7. The number of aryl methyl sites for hydroxylation is 1. The van der Waals surface area contributed by atoms with E-state index in [0.29, 0.717) is 28.4 Å². The summed E-state index contributed by atoms with van der Waals surface area (Å²) in [6.45, 7) is 2.55. The number of amides is 2. The molecule has 0 aliphatic carbocycles. The molecule has 3 aromatic carbocycles. The summed E-state index contributed by atoms with van der Waals surface area (Å²) in [7, 11) is 0. The topological polar surface area (TPSA) is 67.2 Å². The van der Waals surface area contributed by atoms with Crippen molar-refractivity contribution in [3.8, 4) is 0 Å². The minimum Gasteiger partial charge on any atom is -0.322 e. The fourth-order valence-electron chi connectivity index (χ4n) is 4.06. The van der Waals surface area contributed by atoms with Crippen LogP contribution in [0.4, 0.5) is 15.8 Å². The molecule has 2 amide bonds. The van der Waals surface area contributed by atoms with Crippen molar-refractivity contribution in [2.45, 2.75) is 20.0 Å². The lowest BCUT2D eigenvalue weighted by Crippen LogP contribution is -2.30. The minimum atomic E-state index is -0.476. The first-order valence-corrected chi connectivity index (χ1v) is 11.1. The van der Waals surface area contributed by atoms with Gasteiger partial charge in [0.15, 0.2) is 0 Å². The molecule has 8 heteroatoms. The van der Waals surface area contributed by atoms with Crippen LogP contribution in [-0.2, 0) is 13.1 Å². The van der Waals surface area contributed by atoms with Gasteiger partial charge >= 0.3 is 0 Å². The molecule has 0 unspecified atom stereocenters. The molecule has 5 rings (SSSR count). The van der Waals surface area contributed by atoms with Gasteiger partial charge < -0.3 is 10.2 Å². The van der Waals surface area contributed by atoms with E-state index in [1.54, 1.807) is 48.4 Å². The highest BCUT2D eigenvalue weighted by atomic mass is 35.5. The Bertz CT molecular complexity index is 1410. The van der Waals surface area contributed by atoms with E-state index in [2.05, 4.69) is 10.4 Å². The predicted molar refractivity (Wildman–Crippen MR) is 129 cm³/mol. The van der Waals surface area contributed by atoms with Gasteiger partial charge in [-0.3, -0.25) is 14.3 Å². The van der Waals surface area contributed by atoms with Crippen LogP contribution in [0.1, 0.15) is 37.5 Å².